The van der Waals surface area contributed by atoms with Crippen molar-refractivity contribution in [1.82, 2.24) is 5.16 Å². The summed E-state index contributed by atoms with van der Waals surface area (Å²) in [5.74, 6) is -0.506. The Bertz CT molecular complexity index is 345. The molecule has 1 amide bonds. The Labute approximate surface area is 79.9 Å². The molecule has 1 heterocycles. The van der Waals surface area contributed by atoms with Crippen LogP contribution in [0.1, 0.15) is 18.6 Å². The summed E-state index contributed by atoms with van der Waals surface area (Å²) in [6, 6.07) is 1.55. The lowest BCUT2D eigenvalue weighted by Crippen LogP contribution is -2.13. The van der Waals surface area contributed by atoms with E-state index in [1.165, 1.54) is 0 Å². The zero-order valence-electron chi connectivity index (χ0n) is 7.61. The average Bonchev–Trinajstić information content (AvgIpc) is 2.48. The molecule has 2 N–H and O–H groups in total. The number of hydrogen-bond donors (Lipinski definition) is 2. The lowest BCUT2D eigenvalue weighted by molar-refractivity contribution is -0.138. The van der Waals surface area contributed by atoms with Gasteiger partial charge in [-0.05, 0) is 6.92 Å². The van der Waals surface area contributed by atoms with Crippen LogP contribution in [0, 0.1) is 6.92 Å². The number of carbonyl (C=O) groups excluding carboxylic acids is 1. The third-order valence-electron chi connectivity index (χ3n) is 1.46. The Kier molecular flexibility index (Phi) is 3.22. The molecule has 0 unspecified atom stereocenters. The van der Waals surface area contributed by atoms with E-state index in [4.69, 9.17) is 9.63 Å². The van der Waals surface area contributed by atoms with Crippen molar-refractivity contribution in [1.29, 1.82) is 0 Å². The minimum atomic E-state index is -1.00. The van der Waals surface area contributed by atoms with Gasteiger partial charge in [0.1, 0.15) is 5.76 Å². The van der Waals surface area contributed by atoms with Crippen LogP contribution in [0.5, 0.6) is 0 Å². The van der Waals surface area contributed by atoms with Crippen LogP contribution in [0.2, 0.25) is 0 Å². The average molecular weight is 198 g/mol. The van der Waals surface area contributed by atoms with Gasteiger partial charge in [0.2, 0.25) is 5.91 Å². The summed E-state index contributed by atoms with van der Waals surface area (Å²) in [5, 5.41) is 14.3. The predicted molar refractivity (Wildman–Crippen MR) is 46.7 cm³/mol. The molecular weight excluding hydrogens is 188 g/mol. The number of hydrogen-bond acceptors (Lipinski definition) is 4. The standard InChI is InChI=1S/C8H10N2O4/c1-5-4-6(10-14-5)9-7(11)2-3-8(12)13/h4H,2-3H2,1H3,(H,12,13)(H,9,10,11). The number of anilines is 1. The first kappa shape index (κ1) is 10.2. The van der Waals surface area contributed by atoms with Crippen LogP contribution < -0.4 is 5.32 Å². The van der Waals surface area contributed by atoms with Crippen molar-refractivity contribution >= 4 is 17.7 Å². The topological polar surface area (TPSA) is 92.4 Å². The van der Waals surface area contributed by atoms with E-state index >= 15 is 0 Å². The monoisotopic (exact) mass is 198 g/mol. The summed E-state index contributed by atoms with van der Waals surface area (Å²) in [6.07, 6.45) is -0.260. The summed E-state index contributed by atoms with van der Waals surface area (Å²) >= 11 is 0. The van der Waals surface area contributed by atoms with E-state index < -0.39 is 5.97 Å². The van der Waals surface area contributed by atoms with Gasteiger partial charge in [0.25, 0.3) is 0 Å². The molecule has 0 aliphatic carbocycles. The molecule has 0 aromatic carbocycles. The first-order valence-corrected chi connectivity index (χ1v) is 4.03. The maximum atomic E-state index is 11.1. The van der Waals surface area contributed by atoms with E-state index in [0.717, 1.165) is 0 Å². The van der Waals surface area contributed by atoms with Crippen molar-refractivity contribution in [2.24, 2.45) is 0 Å². The number of carboxylic acids is 1. The van der Waals surface area contributed by atoms with Gasteiger partial charge in [-0.1, -0.05) is 5.16 Å². The summed E-state index contributed by atoms with van der Waals surface area (Å²) in [7, 11) is 0. The van der Waals surface area contributed by atoms with E-state index in [2.05, 4.69) is 10.5 Å². The molecule has 0 saturated heterocycles. The SMILES string of the molecule is Cc1cc(NC(=O)CCC(=O)O)no1. The number of nitrogens with one attached hydrogen (secondary N) is 1. The highest BCUT2D eigenvalue weighted by molar-refractivity contribution is 5.91. The quantitative estimate of drug-likeness (QED) is 0.745. The Morgan fingerprint density at radius 1 is 1.57 bits per heavy atom. The second-order valence-electron chi connectivity index (χ2n) is 2.76. The number of carboxylic acid groups (broad SMARTS) is 1. The molecular formula is C8H10N2O4. The number of aryl methyl sites for hydroxylation is 1. The van der Waals surface area contributed by atoms with Crippen LogP contribution in [-0.2, 0) is 9.59 Å². The molecule has 0 saturated carbocycles. The number of amides is 1. The van der Waals surface area contributed by atoms with Crippen LogP contribution in [-0.4, -0.2) is 22.1 Å². The van der Waals surface area contributed by atoms with Crippen LogP contribution in [0.25, 0.3) is 0 Å². The van der Waals surface area contributed by atoms with Crippen LogP contribution in [0.4, 0.5) is 5.82 Å². The van der Waals surface area contributed by atoms with Gasteiger partial charge in [-0.2, -0.15) is 0 Å². The molecule has 0 radical (unpaired) electrons. The lowest BCUT2D eigenvalue weighted by atomic mass is 10.3. The molecule has 0 atom stereocenters. The third-order valence-corrected chi connectivity index (χ3v) is 1.46. The molecule has 0 aliphatic rings. The zero-order chi connectivity index (χ0) is 10.6. The highest BCUT2D eigenvalue weighted by Crippen LogP contribution is 2.07. The summed E-state index contributed by atoms with van der Waals surface area (Å²) < 4.78 is 4.71. The first-order chi connectivity index (χ1) is 6.58. The molecule has 0 spiro atoms. The van der Waals surface area contributed by atoms with Crippen molar-refractivity contribution in [2.45, 2.75) is 19.8 Å². The fourth-order valence-corrected chi connectivity index (χ4v) is 0.851. The Hall–Kier alpha value is -1.85. The van der Waals surface area contributed by atoms with Gasteiger partial charge in [0.15, 0.2) is 5.82 Å². The van der Waals surface area contributed by atoms with Crippen LogP contribution >= 0.6 is 0 Å². The van der Waals surface area contributed by atoms with E-state index in [1.807, 2.05) is 0 Å². The zero-order valence-corrected chi connectivity index (χ0v) is 7.61. The number of aromatic nitrogens is 1. The molecule has 0 bridgehead atoms. The maximum Gasteiger partial charge on any atom is 0.303 e. The Balaban J connectivity index is 2.37. The molecule has 0 aliphatic heterocycles. The highest BCUT2D eigenvalue weighted by atomic mass is 16.5. The fraction of sp³-hybridized carbons (Fsp3) is 0.375. The molecule has 76 valence electrons. The van der Waals surface area contributed by atoms with Gasteiger partial charge in [0.05, 0.1) is 6.42 Å². The van der Waals surface area contributed by atoms with Crippen molar-refractivity contribution in [3.05, 3.63) is 11.8 Å². The summed E-state index contributed by atoms with van der Waals surface area (Å²) in [6.45, 7) is 1.69. The molecule has 14 heavy (non-hydrogen) atoms. The second kappa shape index (κ2) is 4.40. The third kappa shape index (κ3) is 3.26. The Morgan fingerprint density at radius 3 is 2.79 bits per heavy atom. The van der Waals surface area contributed by atoms with Gasteiger partial charge in [-0.25, -0.2) is 0 Å². The van der Waals surface area contributed by atoms with Crippen LogP contribution in [0.15, 0.2) is 10.6 Å². The van der Waals surface area contributed by atoms with Crippen molar-refractivity contribution in [3.8, 4) is 0 Å². The van der Waals surface area contributed by atoms with E-state index in [0.29, 0.717) is 11.6 Å². The molecule has 6 nitrogen and oxygen atoms in total. The van der Waals surface area contributed by atoms with Gasteiger partial charge in [-0.15, -0.1) is 0 Å². The van der Waals surface area contributed by atoms with E-state index in [9.17, 15) is 9.59 Å². The number of aliphatic carboxylic acids is 1. The van der Waals surface area contributed by atoms with Gasteiger partial charge in [0, 0.05) is 12.5 Å². The highest BCUT2D eigenvalue weighted by Gasteiger charge is 2.07. The predicted octanol–water partition coefficient (Wildman–Crippen LogP) is 0.786. The second-order valence-corrected chi connectivity index (χ2v) is 2.76. The Morgan fingerprint density at radius 2 is 2.29 bits per heavy atom. The van der Waals surface area contributed by atoms with Gasteiger partial charge in [-0.3, -0.25) is 9.59 Å². The fourth-order valence-electron chi connectivity index (χ4n) is 0.851. The van der Waals surface area contributed by atoms with Gasteiger partial charge >= 0.3 is 5.97 Å². The molecule has 1 rings (SSSR count). The number of rotatable bonds is 4. The minimum Gasteiger partial charge on any atom is -0.481 e. The van der Waals surface area contributed by atoms with Gasteiger partial charge < -0.3 is 14.9 Å². The number of nitrogens with zero attached hydrogens (tertiary/aromatic N) is 1. The minimum absolute atomic E-state index is 0.0682. The summed E-state index contributed by atoms with van der Waals surface area (Å²) in [5.41, 5.74) is 0. The molecule has 1 aromatic rings. The lowest BCUT2D eigenvalue weighted by Gasteiger charge is -1.97. The first-order valence-electron chi connectivity index (χ1n) is 4.03. The van der Waals surface area contributed by atoms with E-state index in [1.54, 1.807) is 13.0 Å². The van der Waals surface area contributed by atoms with Crippen molar-refractivity contribution in [3.63, 3.8) is 0 Å². The largest absolute Gasteiger partial charge is 0.481 e. The van der Waals surface area contributed by atoms with Crippen LogP contribution in [0.3, 0.4) is 0 Å². The van der Waals surface area contributed by atoms with E-state index in [-0.39, 0.29) is 18.7 Å². The summed E-state index contributed by atoms with van der Waals surface area (Å²) in [4.78, 5) is 21.2. The maximum absolute atomic E-state index is 11.1. The normalized spacial score (nSPS) is 9.79. The number of carbonyl (C=O) groups is 2. The molecule has 0 fully saturated rings. The van der Waals surface area contributed by atoms with Crippen molar-refractivity contribution in [2.75, 3.05) is 5.32 Å². The van der Waals surface area contributed by atoms with Crippen molar-refractivity contribution < 1.29 is 19.2 Å². The smallest absolute Gasteiger partial charge is 0.303 e. The molecule has 6 heteroatoms. The molecule has 1 aromatic heterocycles.